The number of nitrogens with zero attached hydrogens (tertiary/aromatic N) is 2. The molecule has 4 heterocycles. The number of fused-ring (bicyclic) bond motifs is 4. The molecule has 4 aliphatic rings. The third-order valence-corrected chi connectivity index (χ3v) is 10.2. The Morgan fingerprint density at radius 2 is 1.48 bits per heavy atom. The Bertz CT molecular complexity index is 1060. The first kappa shape index (κ1) is 22.2. The van der Waals surface area contributed by atoms with Crippen molar-refractivity contribution in [1.29, 1.82) is 0 Å². The van der Waals surface area contributed by atoms with Gasteiger partial charge in [-0.3, -0.25) is 0 Å². The summed E-state index contributed by atoms with van der Waals surface area (Å²) in [5, 5.41) is 8.45. The predicted octanol–water partition coefficient (Wildman–Crippen LogP) is 7.43. The van der Waals surface area contributed by atoms with Gasteiger partial charge in [0.25, 0.3) is 0 Å². The number of aromatic nitrogens is 2. The lowest BCUT2D eigenvalue weighted by Crippen LogP contribution is -2.15. The van der Waals surface area contributed by atoms with Crippen molar-refractivity contribution in [1.82, 2.24) is 9.97 Å². The first-order valence-corrected chi connectivity index (χ1v) is 13.3. The summed E-state index contributed by atoms with van der Waals surface area (Å²) in [6.07, 6.45) is 7.27. The quantitative estimate of drug-likeness (QED) is 0.383. The molecule has 2 aromatic heterocycles. The van der Waals surface area contributed by atoms with Gasteiger partial charge < -0.3 is 10.6 Å². The summed E-state index contributed by atoms with van der Waals surface area (Å²) in [6.45, 7) is 8.82. The smallest absolute Gasteiger partial charge is 0.131 e. The van der Waals surface area contributed by atoms with Crippen molar-refractivity contribution in [3.63, 3.8) is 0 Å². The molecule has 2 aromatic rings. The van der Waals surface area contributed by atoms with Gasteiger partial charge in [-0.15, -0.1) is 0 Å². The third-order valence-electron chi connectivity index (χ3n) is 7.75. The Morgan fingerprint density at radius 1 is 0.968 bits per heavy atom. The molecular weight excluding hydrogens is 563 g/mol. The predicted molar refractivity (Wildman–Crippen MR) is 136 cm³/mol. The molecule has 0 bridgehead atoms. The standard InChI is InChI=1S/C12H14BrClN2.C11H12BrClN2/c1-6(2)7-3-12(7)5-16-11-9(12)10(14)8(13)4-15-11;1-2-6-3-11(6)5-15-10-8(11)9(13)7(12)4-14-10/h4,6-7H,3,5H2,1-2H3,(H,15,16);4,6H,2-3,5H2,1H3,(H,14,15)/t7-,12-;6-,11-/m11/s1. The van der Waals surface area contributed by atoms with Crippen molar-refractivity contribution in [2.45, 2.75) is 50.9 Å². The largest absolute Gasteiger partial charge is 0.369 e. The molecule has 2 aliphatic heterocycles. The van der Waals surface area contributed by atoms with E-state index in [0.717, 1.165) is 55.6 Å². The topological polar surface area (TPSA) is 49.8 Å². The van der Waals surface area contributed by atoms with Gasteiger partial charge in [-0.05, 0) is 62.5 Å². The molecule has 8 heteroatoms. The van der Waals surface area contributed by atoms with Crippen molar-refractivity contribution >= 4 is 66.7 Å². The van der Waals surface area contributed by atoms with E-state index in [1.807, 2.05) is 0 Å². The monoisotopic (exact) mass is 586 g/mol. The Labute approximate surface area is 210 Å². The second-order valence-electron chi connectivity index (χ2n) is 9.67. The van der Waals surface area contributed by atoms with Gasteiger partial charge in [0, 0.05) is 47.4 Å². The SMILES string of the molecule is CC(C)[C@H]1C[C@@]12CNc1ncc(Br)c(Cl)c12.CC[C@@H]1C[C@@]12CNc1ncc(Br)c(Cl)c12. The van der Waals surface area contributed by atoms with Crippen LogP contribution in [0.5, 0.6) is 0 Å². The maximum atomic E-state index is 6.41. The number of halogens is 4. The van der Waals surface area contributed by atoms with Crippen LogP contribution >= 0.6 is 55.1 Å². The molecule has 2 aliphatic carbocycles. The molecule has 0 saturated heterocycles. The highest BCUT2D eigenvalue weighted by Crippen LogP contribution is 2.64. The van der Waals surface area contributed by atoms with Crippen LogP contribution in [0.1, 0.15) is 51.2 Å². The van der Waals surface area contributed by atoms with E-state index in [-0.39, 0.29) is 10.8 Å². The van der Waals surface area contributed by atoms with Crippen molar-refractivity contribution in [2.75, 3.05) is 23.7 Å². The summed E-state index contributed by atoms with van der Waals surface area (Å²) in [5.41, 5.74) is 3.03. The van der Waals surface area contributed by atoms with Crippen LogP contribution in [0.4, 0.5) is 11.6 Å². The number of hydrogen-bond acceptors (Lipinski definition) is 4. The summed E-state index contributed by atoms with van der Waals surface area (Å²) >= 11 is 19.7. The van der Waals surface area contributed by atoms with Crippen molar-refractivity contribution in [3.05, 3.63) is 42.5 Å². The lowest BCUT2D eigenvalue weighted by Gasteiger charge is -2.13. The molecular formula is C23H26Br2Cl2N4. The van der Waals surface area contributed by atoms with Gasteiger partial charge in [0.2, 0.25) is 0 Å². The molecule has 2 spiro atoms. The average Bonchev–Trinajstić information content (AvgIpc) is 3.55. The zero-order valence-electron chi connectivity index (χ0n) is 17.8. The Balaban J connectivity index is 0.000000132. The number of anilines is 2. The fourth-order valence-corrected chi connectivity index (χ4v) is 7.16. The van der Waals surface area contributed by atoms with Crippen LogP contribution in [0.15, 0.2) is 21.3 Å². The molecule has 31 heavy (non-hydrogen) atoms. The number of nitrogens with one attached hydrogen (secondary N) is 2. The van der Waals surface area contributed by atoms with Gasteiger partial charge in [-0.1, -0.05) is 50.4 Å². The van der Waals surface area contributed by atoms with E-state index in [2.05, 4.69) is 73.2 Å². The Morgan fingerprint density at radius 3 is 1.94 bits per heavy atom. The van der Waals surface area contributed by atoms with Gasteiger partial charge in [-0.2, -0.15) is 0 Å². The van der Waals surface area contributed by atoms with Crippen LogP contribution in [-0.2, 0) is 10.8 Å². The highest BCUT2D eigenvalue weighted by molar-refractivity contribution is 9.10. The van der Waals surface area contributed by atoms with E-state index in [0.29, 0.717) is 5.92 Å². The first-order chi connectivity index (χ1) is 14.7. The number of rotatable bonds is 2. The van der Waals surface area contributed by atoms with Gasteiger partial charge in [0.1, 0.15) is 11.6 Å². The fourth-order valence-electron chi connectivity index (χ4n) is 5.90. The van der Waals surface area contributed by atoms with Crippen LogP contribution in [0, 0.1) is 17.8 Å². The summed E-state index contributed by atoms with van der Waals surface area (Å²) in [5.74, 6) is 4.20. The average molecular weight is 589 g/mol. The highest BCUT2D eigenvalue weighted by Gasteiger charge is 2.61. The second-order valence-corrected chi connectivity index (χ2v) is 12.1. The molecule has 4 atom stereocenters. The minimum absolute atomic E-state index is 0.261. The normalized spacial score (nSPS) is 31.1. The number of pyridine rings is 2. The van der Waals surface area contributed by atoms with Crippen molar-refractivity contribution in [2.24, 2.45) is 17.8 Å². The molecule has 2 saturated carbocycles. The zero-order chi connectivity index (χ0) is 22.1. The Hall–Kier alpha value is -0.560. The van der Waals surface area contributed by atoms with E-state index in [9.17, 15) is 0 Å². The third kappa shape index (κ3) is 3.34. The van der Waals surface area contributed by atoms with Crippen LogP contribution in [0.3, 0.4) is 0 Å². The zero-order valence-corrected chi connectivity index (χ0v) is 22.5. The summed E-state index contributed by atoms with van der Waals surface area (Å²) in [4.78, 5) is 8.79. The summed E-state index contributed by atoms with van der Waals surface area (Å²) < 4.78 is 1.82. The Kier molecular flexibility index (Phi) is 5.56. The molecule has 0 amide bonds. The molecule has 2 fully saturated rings. The molecule has 0 radical (unpaired) electrons. The molecule has 2 N–H and O–H groups in total. The second kappa shape index (κ2) is 7.75. The first-order valence-electron chi connectivity index (χ1n) is 10.9. The minimum atomic E-state index is 0.261. The van der Waals surface area contributed by atoms with Crippen LogP contribution < -0.4 is 10.6 Å². The van der Waals surface area contributed by atoms with E-state index in [4.69, 9.17) is 23.2 Å². The van der Waals surface area contributed by atoms with Crippen molar-refractivity contribution in [3.8, 4) is 0 Å². The van der Waals surface area contributed by atoms with Crippen molar-refractivity contribution < 1.29 is 0 Å². The molecule has 0 aromatic carbocycles. The molecule has 0 unspecified atom stereocenters. The van der Waals surface area contributed by atoms with E-state index >= 15 is 0 Å². The maximum Gasteiger partial charge on any atom is 0.131 e. The summed E-state index contributed by atoms with van der Waals surface area (Å²) in [7, 11) is 0. The van der Waals surface area contributed by atoms with Gasteiger partial charge in [0.05, 0.1) is 19.0 Å². The van der Waals surface area contributed by atoms with Crippen LogP contribution in [0.25, 0.3) is 0 Å². The van der Waals surface area contributed by atoms with Gasteiger partial charge in [-0.25, -0.2) is 9.97 Å². The van der Waals surface area contributed by atoms with E-state index < -0.39 is 0 Å². The van der Waals surface area contributed by atoms with Gasteiger partial charge in [0.15, 0.2) is 0 Å². The maximum absolute atomic E-state index is 6.41. The van der Waals surface area contributed by atoms with E-state index in [1.165, 1.54) is 30.4 Å². The van der Waals surface area contributed by atoms with Gasteiger partial charge >= 0.3 is 0 Å². The molecule has 6 rings (SSSR count). The van der Waals surface area contributed by atoms with E-state index in [1.54, 1.807) is 12.4 Å². The molecule has 4 nitrogen and oxygen atoms in total. The fraction of sp³-hybridized carbons (Fsp3) is 0.565. The highest BCUT2D eigenvalue weighted by atomic mass is 79.9. The lowest BCUT2D eigenvalue weighted by molar-refractivity contribution is 0.498. The molecule has 166 valence electrons. The van der Waals surface area contributed by atoms with Crippen LogP contribution in [-0.4, -0.2) is 23.1 Å². The lowest BCUT2D eigenvalue weighted by atomic mass is 9.92. The summed E-state index contributed by atoms with van der Waals surface area (Å²) in [6, 6.07) is 0. The van der Waals surface area contributed by atoms with Crippen LogP contribution in [0.2, 0.25) is 10.0 Å². The minimum Gasteiger partial charge on any atom is -0.369 e. The number of hydrogen-bond donors (Lipinski definition) is 2.